The highest BCUT2D eigenvalue weighted by Gasteiger charge is 2.38. The van der Waals surface area contributed by atoms with Crippen molar-refractivity contribution in [2.75, 3.05) is 13.3 Å². The fraction of sp³-hybridized carbons (Fsp3) is 0.455. The first kappa shape index (κ1) is 12.7. The number of rotatable bonds is 3. The summed E-state index contributed by atoms with van der Waals surface area (Å²) in [4.78, 5) is 0.567. The van der Waals surface area contributed by atoms with Gasteiger partial charge in [-0.3, -0.25) is 0 Å². The SMILES string of the molecule is [B]Sc1cc(F)c2c(c1)CCC(CF)(CF)O2. The zero-order valence-corrected chi connectivity index (χ0v) is 9.83. The highest BCUT2D eigenvalue weighted by molar-refractivity contribution is 8.19. The van der Waals surface area contributed by atoms with Crippen LogP contribution in [-0.2, 0) is 6.42 Å². The van der Waals surface area contributed by atoms with E-state index in [0.717, 1.165) is 11.6 Å². The average molecular weight is 258 g/mol. The summed E-state index contributed by atoms with van der Waals surface area (Å²) < 4.78 is 44.5. The molecule has 17 heavy (non-hydrogen) atoms. The maximum absolute atomic E-state index is 13.7. The van der Waals surface area contributed by atoms with Gasteiger partial charge in [0.1, 0.15) is 13.3 Å². The maximum atomic E-state index is 13.7. The quantitative estimate of drug-likeness (QED) is 0.771. The molecule has 0 unspecified atom stereocenters. The predicted molar refractivity (Wildman–Crippen MR) is 61.6 cm³/mol. The van der Waals surface area contributed by atoms with Crippen molar-refractivity contribution in [3.05, 3.63) is 23.5 Å². The molecule has 0 fully saturated rings. The Morgan fingerprint density at radius 1 is 1.35 bits per heavy atom. The van der Waals surface area contributed by atoms with E-state index < -0.39 is 24.8 Å². The van der Waals surface area contributed by atoms with Crippen LogP contribution in [0.15, 0.2) is 17.0 Å². The molecule has 1 nitrogen and oxygen atoms in total. The molecule has 0 aliphatic carbocycles. The van der Waals surface area contributed by atoms with Crippen LogP contribution in [0, 0.1) is 5.82 Å². The minimum atomic E-state index is -1.52. The Morgan fingerprint density at radius 2 is 2.06 bits per heavy atom. The Hall–Kier alpha value is -0.775. The molecule has 0 saturated heterocycles. The van der Waals surface area contributed by atoms with Gasteiger partial charge in [-0.1, -0.05) is 0 Å². The van der Waals surface area contributed by atoms with E-state index in [4.69, 9.17) is 11.9 Å². The Labute approximate surface area is 103 Å². The van der Waals surface area contributed by atoms with E-state index >= 15 is 0 Å². The van der Waals surface area contributed by atoms with E-state index in [0.29, 0.717) is 16.9 Å². The molecule has 1 aliphatic heterocycles. The molecule has 2 rings (SSSR count). The normalized spacial score (nSPS) is 17.4. The lowest BCUT2D eigenvalue weighted by atomic mass is 9.93. The van der Waals surface area contributed by atoms with Gasteiger partial charge in [0.25, 0.3) is 0 Å². The Morgan fingerprint density at radius 3 is 2.65 bits per heavy atom. The Kier molecular flexibility index (Phi) is 3.61. The van der Waals surface area contributed by atoms with Gasteiger partial charge in [0, 0.05) is 0 Å². The van der Waals surface area contributed by atoms with E-state index in [1.165, 1.54) is 6.07 Å². The molecule has 1 aliphatic rings. The van der Waals surface area contributed by atoms with Crippen molar-refractivity contribution in [3.63, 3.8) is 0 Å². The van der Waals surface area contributed by atoms with Crippen LogP contribution < -0.4 is 4.74 Å². The first-order valence-electron chi connectivity index (χ1n) is 5.14. The number of ether oxygens (including phenoxy) is 1. The van der Waals surface area contributed by atoms with Gasteiger partial charge in [-0.25, -0.2) is 13.2 Å². The predicted octanol–water partition coefficient (Wildman–Crippen LogP) is 3.00. The maximum Gasteiger partial charge on any atom is 0.168 e. The third kappa shape index (κ3) is 2.27. The number of aryl methyl sites for hydroxylation is 1. The summed E-state index contributed by atoms with van der Waals surface area (Å²) in [6.07, 6.45) is 0.583. The Balaban J connectivity index is 2.38. The molecule has 0 aromatic heterocycles. The minimum Gasteiger partial charge on any atom is -0.478 e. The van der Waals surface area contributed by atoms with E-state index in [-0.39, 0.29) is 12.2 Å². The second-order valence-corrected chi connectivity index (χ2v) is 4.77. The van der Waals surface area contributed by atoms with E-state index in [2.05, 4.69) is 0 Å². The number of halogens is 3. The second-order valence-electron chi connectivity index (χ2n) is 4.06. The van der Waals surface area contributed by atoms with Crippen molar-refractivity contribution < 1.29 is 17.9 Å². The third-order valence-corrected chi connectivity index (χ3v) is 3.39. The molecule has 2 radical (unpaired) electrons. The first-order valence-corrected chi connectivity index (χ1v) is 6.02. The largest absolute Gasteiger partial charge is 0.478 e. The van der Waals surface area contributed by atoms with Crippen molar-refractivity contribution in [1.82, 2.24) is 0 Å². The van der Waals surface area contributed by atoms with Gasteiger partial charge in [0.05, 0.1) is 0 Å². The minimum absolute atomic E-state index is 0.0515. The van der Waals surface area contributed by atoms with Crippen LogP contribution in [0.2, 0.25) is 0 Å². The molecular formula is C11H10BF3OS. The van der Waals surface area contributed by atoms with Crippen LogP contribution in [0.25, 0.3) is 0 Å². The summed E-state index contributed by atoms with van der Waals surface area (Å²) in [7, 11) is 5.35. The summed E-state index contributed by atoms with van der Waals surface area (Å²) in [6, 6.07) is 2.89. The molecule has 1 aromatic carbocycles. The lowest BCUT2D eigenvalue weighted by Gasteiger charge is -2.34. The van der Waals surface area contributed by atoms with E-state index in [9.17, 15) is 13.2 Å². The van der Waals surface area contributed by atoms with Gasteiger partial charge in [0.15, 0.2) is 24.3 Å². The summed E-state index contributed by atoms with van der Waals surface area (Å²) in [5.41, 5.74) is -0.916. The molecule has 0 atom stereocenters. The zero-order valence-electron chi connectivity index (χ0n) is 9.01. The molecule has 0 N–H and O–H groups in total. The van der Waals surface area contributed by atoms with Gasteiger partial charge < -0.3 is 4.74 Å². The first-order chi connectivity index (χ1) is 8.14. The van der Waals surface area contributed by atoms with Crippen LogP contribution in [0.4, 0.5) is 13.2 Å². The molecule has 90 valence electrons. The van der Waals surface area contributed by atoms with Crippen LogP contribution in [0.1, 0.15) is 12.0 Å². The second kappa shape index (κ2) is 4.84. The molecule has 1 aromatic rings. The zero-order chi connectivity index (χ0) is 12.5. The Bertz CT molecular complexity index is 423. The standard InChI is InChI=1S/C11H10BF3OS/c12-17-8-3-7-1-2-11(5-13,6-14)16-10(7)9(15)4-8/h3-4H,1-2,5-6H2. The van der Waals surface area contributed by atoms with E-state index in [1.54, 1.807) is 6.07 Å². The van der Waals surface area contributed by atoms with Crippen molar-refractivity contribution in [3.8, 4) is 5.75 Å². The molecular weight excluding hydrogens is 248 g/mol. The van der Waals surface area contributed by atoms with Crippen LogP contribution in [0.3, 0.4) is 0 Å². The van der Waals surface area contributed by atoms with Crippen LogP contribution in [-0.4, -0.2) is 26.1 Å². The third-order valence-electron chi connectivity index (χ3n) is 2.89. The summed E-state index contributed by atoms with van der Waals surface area (Å²) >= 11 is 0.923. The summed E-state index contributed by atoms with van der Waals surface area (Å²) in [5, 5.41) is 0. The number of fused-ring (bicyclic) bond motifs is 1. The van der Waals surface area contributed by atoms with Gasteiger partial charge in [-0.15, -0.1) is 0 Å². The van der Waals surface area contributed by atoms with Gasteiger partial charge in [-0.2, -0.15) is 11.6 Å². The van der Waals surface area contributed by atoms with Crippen molar-refractivity contribution >= 4 is 18.7 Å². The fourth-order valence-electron chi connectivity index (χ4n) is 1.84. The number of benzene rings is 1. The van der Waals surface area contributed by atoms with Gasteiger partial charge in [-0.05, 0) is 35.4 Å². The molecule has 0 saturated carbocycles. The molecule has 1 heterocycles. The topological polar surface area (TPSA) is 9.23 Å². The molecule has 0 amide bonds. The molecule has 0 spiro atoms. The fourth-order valence-corrected chi connectivity index (χ4v) is 2.23. The monoisotopic (exact) mass is 258 g/mol. The van der Waals surface area contributed by atoms with Crippen LogP contribution >= 0.6 is 11.6 Å². The van der Waals surface area contributed by atoms with Crippen molar-refractivity contribution in [1.29, 1.82) is 0 Å². The highest BCUT2D eigenvalue weighted by Crippen LogP contribution is 2.38. The molecule has 0 bridgehead atoms. The van der Waals surface area contributed by atoms with E-state index in [1.807, 2.05) is 0 Å². The molecule has 6 heteroatoms. The van der Waals surface area contributed by atoms with Crippen LogP contribution in [0.5, 0.6) is 5.75 Å². The number of hydrogen-bond donors (Lipinski definition) is 0. The number of hydrogen-bond acceptors (Lipinski definition) is 2. The lowest BCUT2D eigenvalue weighted by molar-refractivity contribution is -0.00310. The lowest BCUT2D eigenvalue weighted by Crippen LogP contribution is -2.44. The number of alkyl halides is 2. The van der Waals surface area contributed by atoms with Crippen molar-refractivity contribution in [2.24, 2.45) is 0 Å². The smallest absolute Gasteiger partial charge is 0.168 e. The van der Waals surface area contributed by atoms with Gasteiger partial charge >= 0.3 is 0 Å². The van der Waals surface area contributed by atoms with Crippen molar-refractivity contribution in [2.45, 2.75) is 23.3 Å². The van der Waals surface area contributed by atoms with Gasteiger partial charge in [0.2, 0.25) is 0 Å². The highest BCUT2D eigenvalue weighted by atomic mass is 32.2. The average Bonchev–Trinajstić information content (AvgIpc) is 2.38. The summed E-state index contributed by atoms with van der Waals surface area (Å²) in [5.74, 6) is -0.675. The summed E-state index contributed by atoms with van der Waals surface area (Å²) in [6.45, 7) is -1.93.